The molecule has 3 heteroatoms. The maximum atomic E-state index is 13.8. The van der Waals surface area contributed by atoms with Gasteiger partial charge in [-0.3, -0.25) is 0 Å². The second-order valence-electron chi connectivity index (χ2n) is 4.12. The molecule has 0 aliphatic heterocycles. The largest absolute Gasteiger partial charge is 0.392 e. The lowest BCUT2D eigenvalue weighted by atomic mass is 10.1. The Balaban J connectivity index is 2.19. The lowest BCUT2D eigenvalue weighted by Crippen LogP contribution is -1.87. The standard InChI is InChI=1S/C15H11FOS/c16-13-6-5-10(9-17)7-12(13)15-8-11-3-1-2-4-14(11)18-15/h1-8,17H,9H2. The van der Waals surface area contributed by atoms with Crippen molar-refractivity contribution >= 4 is 21.4 Å². The Morgan fingerprint density at radius 2 is 1.89 bits per heavy atom. The van der Waals surface area contributed by atoms with Crippen LogP contribution in [0.15, 0.2) is 48.5 Å². The number of aliphatic hydroxyl groups is 1. The van der Waals surface area contributed by atoms with Crippen molar-refractivity contribution in [3.05, 3.63) is 59.9 Å². The van der Waals surface area contributed by atoms with Crippen LogP contribution in [0.5, 0.6) is 0 Å². The summed E-state index contributed by atoms with van der Waals surface area (Å²) in [6, 6.07) is 14.7. The van der Waals surface area contributed by atoms with Crippen LogP contribution in [0, 0.1) is 5.82 Å². The first-order valence-electron chi connectivity index (χ1n) is 5.66. The zero-order chi connectivity index (χ0) is 12.5. The molecule has 1 nitrogen and oxygen atoms in total. The molecular weight excluding hydrogens is 247 g/mol. The molecule has 1 N–H and O–H groups in total. The van der Waals surface area contributed by atoms with Gasteiger partial charge in [-0.2, -0.15) is 0 Å². The first kappa shape index (κ1) is 11.4. The molecule has 0 atom stereocenters. The minimum Gasteiger partial charge on any atom is -0.392 e. The number of hydrogen-bond acceptors (Lipinski definition) is 2. The van der Waals surface area contributed by atoms with E-state index >= 15 is 0 Å². The molecule has 0 amide bonds. The average molecular weight is 258 g/mol. The fourth-order valence-corrected chi connectivity index (χ4v) is 3.05. The van der Waals surface area contributed by atoms with Crippen LogP contribution in [-0.4, -0.2) is 5.11 Å². The normalized spacial score (nSPS) is 11.0. The van der Waals surface area contributed by atoms with Crippen molar-refractivity contribution in [2.45, 2.75) is 6.61 Å². The van der Waals surface area contributed by atoms with Crippen LogP contribution in [-0.2, 0) is 6.61 Å². The highest BCUT2D eigenvalue weighted by molar-refractivity contribution is 7.22. The predicted octanol–water partition coefficient (Wildman–Crippen LogP) is 4.20. The summed E-state index contributed by atoms with van der Waals surface area (Å²) in [7, 11) is 0. The molecule has 0 unspecified atom stereocenters. The molecule has 90 valence electrons. The van der Waals surface area contributed by atoms with Crippen LogP contribution in [0.1, 0.15) is 5.56 Å². The van der Waals surface area contributed by atoms with Gasteiger partial charge in [-0.1, -0.05) is 24.3 Å². The average Bonchev–Trinajstić information content (AvgIpc) is 2.82. The summed E-state index contributed by atoms with van der Waals surface area (Å²) in [5, 5.41) is 10.2. The number of rotatable bonds is 2. The molecule has 0 aliphatic rings. The summed E-state index contributed by atoms with van der Waals surface area (Å²) in [6.45, 7) is -0.0713. The monoisotopic (exact) mass is 258 g/mol. The fraction of sp³-hybridized carbons (Fsp3) is 0.0667. The van der Waals surface area contributed by atoms with Crippen molar-refractivity contribution in [3.8, 4) is 10.4 Å². The van der Waals surface area contributed by atoms with Crippen LogP contribution in [0.25, 0.3) is 20.5 Å². The highest BCUT2D eigenvalue weighted by Gasteiger charge is 2.09. The van der Waals surface area contributed by atoms with Crippen molar-refractivity contribution in [3.63, 3.8) is 0 Å². The van der Waals surface area contributed by atoms with Gasteiger partial charge in [0.2, 0.25) is 0 Å². The number of hydrogen-bond donors (Lipinski definition) is 1. The number of benzene rings is 2. The molecule has 0 spiro atoms. The number of fused-ring (bicyclic) bond motifs is 1. The summed E-state index contributed by atoms with van der Waals surface area (Å²) in [5.74, 6) is -0.251. The molecule has 0 radical (unpaired) electrons. The van der Waals surface area contributed by atoms with Crippen molar-refractivity contribution in [1.29, 1.82) is 0 Å². The van der Waals surface area contributed by atoms with Crippen LogP contribution in [0.4, 0.5) is 4.39 Å². The zero-order valence-corrected chi connectivity index (χ0v) is 10.4. The highest BCUT2D eigenvalue weighted by atomic mass is 32.1. The first-order chi connectivity index (χ1) is 8.78. The number of halogens is 1. The predicted molar refractivity (Wildman–Crippen MR) is 73.1 cm³/mol. The topological polar surface area (TPSA) is 20.2 Å². The van der Waals surface area contributed by atoms with Gasteiger partial charge in [0.05, 0.1) is 6.61 Å². The van der Waals surface area contributed by atoms with Crippen molar-refractivity contribution in [2.75, 3.05) is 0 Å². The van der Waals surface area contributed by atoms with Crippen molar-refractivity contribution in [2.24, 2.45) is 0 Å². The molecular formula is C15H11FOS. The van der Waals surface area contributed by atoms with E-state index in [2.05, 4.69) is 0 Å². The van der Waals surface area contributed by atoms with E-state index in [4.69, 9.17) is 5.11 Å². The van der Waals surface area contributed by atoms with E-state index in [0.717, 1.165) is 20.5 Å². The van der Waals surface area contributed by atoms with E-state index in [1.807, 2.05) is 30.3 Å². The summed E-state index contributed by atoms with van der Waals surface area (Å²) in [4.78, 5) is 0.893. The molecule has 0 saturated carbocycles. The van der Waals surface area contributed by atoms with Gasteiger partial charge in [0.25, 0.3) is 0 Å². The Morgan fingerprint density at radius 1 is 1.06 bits per heavy atom. The summed E-state index contributed by atoms with van der Waals surface area (Å²) in [5.41, 5.74) is 1.28. The Labute approximate surface area is 108 Å². The van der Waals surface area contributed by atoms with Gasteiger partial charge in [0, 0.05) is 15.1 Å². The van der Waals surface area contributed by atoms with E-state index in [9.17, 15) is 4.39 Å². The summed E-state index contributed by atoms with van der Waals surface area (Å²) >= 11 is 1.56. The molecule has 2 aromatic carbocycles. The third-order valence-electron chi connectivity index (χ3n) is 2.90. The minimum atomic E-state index is -0.251. The maximum Gasteiger partial charge on any atom is 0.131 e. The van der Waals surface area contributed by atoms with Gasteiger partial charge < -0.3 is 5.11 Å². The minimum absolute atomic E-state index is 0.0713. The van der Waals surface area contributed by atoms with Crippen molar-refractivity contribution in [1.82, 2.24) is 0 Å². The van der Waals surface area contributed by atoms with E-state index in [1.54, 1.807) is 23.5 Å². The lowest BCUT2D eigenvalue weighted by molar-refractivity contribution is 0.282. The van der Waals surface area contributed by atoms with Crippen LogP contribution in [0.3, 0.4) is 0 Å². The van der Waals surface area contributed by atoms with E-state index < -0.39 is 0 Å². The molecule has 0 saturated heterocycles. The third-order valence-corrected chi connectivity index (χ3v) is 4.05. The quantitative estimate of drug-likeness (QED) is 0.730. The van der Waals surface area contributed by atoms with Gasteiger partial charge in [-0.05, 0) is 35.2 Å². The van der Waals surface area contributed by atoms with Crippen LogP contribution < -0.4 is 0 Å². The molecule has 3 aromatic rings. The number of aliphatic hydroxyl groups excluding tert-OH is 1. The van der Waals surface area contributed by atoms with Gasteiger partial charge in [-0.15, -0.1) is 11.3 Å². The Kier molecular flexibility index (Phi) is 2.86. The molecule has 0 bridgehead atoms. The molecule has 0 fully saturated rings. The maximum absolute atomic E-state index is 13.8. The molecule has 0 aliphatic carbocycles. The SMILES string of the molecule is OCc1ccc(F)c(-c2cc3ccccc3s2)c1. The Hall–Kier alpha value is -1.71. The van der Waals surface area contributed by atoms with Gasteiger partial charge >= 0.3 is 0 Å². The fourth-order valence-electron chi connectivity index (χ4n) is 1.97. The zero-order valence-electron chi connectivity index (χ0n) is 9.56. The van der Waals surface area contributed by atoms with E-state index in [-0.39, 0.29) is 12.4 Å². The van der Waals surface area contributed by atoms with E-state index in [0.29, 0.717) is 5.56 Å². The second-order valence-corrected chi connectivity index (χ2v) is 5.20. The molecule has 3 rings (SSSR count). The van der Waals surface area contributed by atoms with Crippen LogP contribution >= 0.6 is 11.3 Å². The molecule has 1 heterocycles. The second kappa shape index (κ2) is 4.52. The van der Waals surface area contributed by atoms with Gasteiger partial charge in [-0.25, -0.2) is 4.39 Å². The summed E-state index contributed by atoms with van der Waals surface area (Å²) in [6.07, 6.45) is 0. The van der Waals surface area contributed by atoms with Gasteiger partial charge in [0.1, 0.15) is 5.82 Å². The lowest BCUT2D eigenvalue weighted by Gasteiger charge is -2.02. The van der Waals surface area contributed by atoms with Crippen molar-refractivity contribution < 1.29 is 9.50 Å². The number of thiophene rings is 1. The highest BCUT2D eigenvalue weighted by Crippen LogP contribution is 2.35. The van der Waals surface area contributed by atoms with E-state index in [1.165, 1.54) is 6.07 Å². The Morgan fingerprint density at radius 3 is 2.67 bits per heavy atom. The van der Waals surface area contributed by atoms with Crippen LogP contribution in [0.2, 0.25) is 0 Å². The Bertz CT molecular complexity index is 670. The third kappa shape index (κ3) is 1.92. The first-order valence-corrected chi connectivity index (χ1v) is 6.48. The molecule has 18 heavy (non-hydrogen) atoms. The molecule has 1 aromatic heterocycles. The smallest absolute Gasteiger partial charge is 0.131 e. The summed E-state index contributed by atoms with van der Waals surface area (Å²) < 4.78 is 15.0. The van der Waals surface area contributed by atoms with Gasteiger partial charge in [0.15, 0.2) is 0 Å².